The third-order valence-corrected chi connectivity index (χ3v) is 19.1. The smallest absolute Gasteiger partial charge is 0.303 e. The first kappa shape index (κ1) is 45.3. The molecule has 3 saturated heterocycles. The molecule has 60 heavy (non-hydrogen) atoms. The molecule has 7 fully saturated rings. The van der Waals surface area contributed by atoms with E-state index in [2.05, 4.69) is 42.3 Å². The number of carbonyl (C=O) groups excluding carboxylic acids is 5. The summed E-state index contributed by atoms with van der Waals surface area (Å²) in [5.41, 5.74) is -1.62. The van der Waals surface area contributed by atoms with Gasteiger partial charge in [-0.15, -0.1) is 6.58 Å². The molecule has 3 aliphatic heterocycles. The van der Waals surface area contributed by atoms with Gasteiger partial charge in [-0.1, -0.05) is 66.4 Å². The van der Waals surface area contributed by atoms with Gasteiger partial charge in [-0.3, -0.25) is 28.9 Å². The van der Waals surface area contributed by atoms with Crippen LogP contribution < -0.4 is 10.0 Å². The van der Waals surface area contributed by atoms with E-state index in [0.717, 1.165) is 77.3 Å². The molecule has 3 amide bonds. The second-order valence-electron chi connectivity index (χ2n) is 20.1. The largest absolute Gasteiger partial charge is 0.381 e. The molecule has 13 nitrogen and oxygen atoms in total. The lowest BCUT2D eigenvalue weighted by molar-refractivity contribution is -0.146. The molecule has 336 valence electrons. The van der Waals surface area contributed by atoms with Crippen molar-refractivity contribution < 1.29 is 37.1 Å². The number of ether oxygens (including phenoxy) is 1. The van der Waals surface area contributed by atoms with Crippen molar-refractivity contribution in [2.24, 2.45) is 45.3 Å². The predicted molar refractivity (Wildman–Crippen MR) is 228 cm³/mol. The van der Waals surface area contributed by atoms with Crippen LogP contribution in [0.3, 0.4) is 0 Å². The van der Waals surface area contributed by atoms with Crippen molar-refractivity contribution >= 4 is 39.5 Å². The Morgan fingerprint density at radius 3 is 2.12 bits per heavy atom. The van der Waals surface area contributed by atoms with E-state index in [-0.39, 0.29) is 89.4 Å². The molecule has 0 aromatic heterocycles. The Bertz CT molecular complexity index is 1780. The number of fused-ring (bicyclic) bond motifs is 1. The van der Waals surface area contributed by atoms with Crippen LogP contribution in [-0.4, -0.2) is 116 Å². The minimum Gasteiger partial charge on any atom is -0.381 e. The molecule has 4 aliphatic carbocycles. The van der Waals surface area contributed by atoms with Gasteiger partial charge in [-0.2, -0.15) is 12.7 Å². The summed E-state index contributed by atoms with van der Waals surface area (Å²) >= 11 is 0. The van der Waals surface area contributed by atoms with E-state index in [1.807, 2.05) is 0 Å². The fourth-order valence-electron chi connectivity index (χ4n) is 13.4. The summed E-state index contributed by atoms with van der Waals surface area (Å²) in [5.74, 6) is -2.52. The van der Waals surface area contributed by atoms with Crippen LogP contribution >= 0.6 is 0 Å². The summed E-state index contributed by atoms with van der Waals surface area (Å²) in [4.78, 5) is 77.2. The van der Waals surface area contributed by atoms with Crippen molar-refractivity contribution in [3.05, 3.63) is 12.7 Å². The maximum atomic E-state index is 15.5. The number of likely N-dealkylation sites (tertiary alicyclic amines) is 2. The van der Waals surface area contributed by atoms with Gasteiger partial charge in [0.2, 0.25) is 17.7 Å². The summed E-state index contributed by atoms with van der Waals surface area (Å²) in [7, 11) is -4.13. The lowest BCUT2D eigenvalue weighted by atomic mass is 9.73. The standard InChI is InChI=1S/C46H73N5O8S/c1-7-33-27-44(33,42(56)48-60(57,58)50(9-3)10-4)29-38(53)36-28-46(43(5,6)45(46)21-15-22-45)30-51(36)41(55)34(31-19-24-59-25-20-31)26-37(52)39(32-16-12-11-13-17-32)47-40(54)35-18-14-23-49(35)8-2/h7,31-36,39H,1,8-30H2,2-6H3,(H,47,54)(H,48,56)/t33-,34+,35+,36+,39?,44-,46-/m1/s1. The fraction of sp³-hybridized carbons (Fsp3) is 0.848. The number of ketones is 2. The van der Waals surface area contributed by atoms with E-state index >= 15 is 4.79 Å². The zero-order valence-corrected chi connectivity index (χ0v) is 37.9. The number of nitrogens with one attached hydrogen (secondary N) is 2. The van der Waals surface area contributed by atoms with Crippen molar-refractivity contribution in [3.63, 3.8) is 0 Å². The molecule has 2 N–H and O–H groups in total. The van der Waals surface area contributed by atoms with E-state index in [1.165, 1.54) is 4.31 Å². The number of nitrogens with zero attached hydrogens (tertiary/aromatic N) is 3. The highest BCUT2D eigenvalue weighted by molar-refractivity contribution is 7.87. The first-order valence-electron chi connectivity index (χ1n) is 23.5. The lowest BCUT2D eigenvalue weighted by Gasteiger charge is -2.36. The monoisotopic (exact) mass is 856 g/mol. The van der Waals surface area contributed by atoms with Gasteiger partial charge in [0.1, 0.15) is 0 Å². The average molecular weight is 856 g/mol. The number of likely N-dealkylation sites (N-methyl/N-ethyl adjacent to an activating group) is 1. The van der Waals surface area contributed by atoms with E-state index < -0.39 is 39.5 Å². The Morgan fingerprint density at radius 1 is 0.867 bits per heavy atom. The first-order chi connectivity index (χ1) is 28.6. The van der Waals surface area contributed by atoms with Gasteiger partial charge in [-0.05, 0) is 106 Å². The third-order valence-electron chi connectivity index (χ3n) is 17.5. The van der Waals surface area contributed by atoms with E-state index in [0.29, 0.717) is 45.4 Å². The second kappa shape index (κ2) is 17.5. The number of amides is 3. The first-order valence-corrected chi connectivity index (χ1v) is 24.9. The molecule has 7 atom stereocenters. The number of rotatable bonds is 18. The summed E-state index contributed by atoms with van der Waals surface area (Å²) in [6.07, 6.45) is 13.2. The van der Waals surface area contributed by atoms with Gasteiger partial charge in [0.15, 0.2) is 11.6 Å². The molecule has 2 spiro atoms. The van der Waals surface area contributed by atoms with Gasteiger partial charge in [0.25, 0.3) is 0 Å². The molecule has 3 heterocycles. The maximum Gasteiger partial charge on any atom is 0.303 e. The minimum absolute atomic E-state index is 0.0106. The Morgan fingerprint density at radius 2 is 1.55 bits per heavy atom. The molecular formula is C46H73N5O8S. The fourth-order valence-corrected chi connectivity index (χ4v) is 14.6. The highest BCUT2D eigenvalue weighted by atomic mass is 32.2. The van der Waals surface area contributed by atoms with Crippen molar-refractivity contribution in [1.82, 2.24) is 24.1 Å². The zero-order chi connectivity index (χ0) is 43.3. The van der Waals surface area contributed by atoms with Crippen LogP contribution in [0.2, 0.25) is 0 Å². The van der Waals surface area contributed by atoms with Crippen molar-refractivity contribution in [1.29, 1.82) is 0 Å². The van der Waals surface area contributed by atoms with Gasteiger partial charge in [-0.25, -0.2) is 4.72 Å². The third kappa shape index (κ3) is 7.73. The van der Waals surface area contributed by atoms with Gasteiger partial charge >= 0.3 is 10.2 Å². The summed E-state index contributed by atoms with van der Waals surface area (Å²) < 4.78 is 35.7. The number of hydrogen-bond donors (Lipinski definition) is 2. The second-order valence-corrected chi connectivity index (χ2v) is 21.8. The topological polar surface area (TPSA) is 162 Å². The Kier molecular flexibility index (Phi) is 13.2. The van der Waals surface area contributed by atoms with E-state index in [4.69, 9.17) is 4.74 Å². The molecule has 0 aromatic rings. The van der Waals surface area contributed by atoms with Gasteiger partial charge < -0.3 is 15.0 Å². The van der Waals surface area contributed by atoms with E-state index in [9.17, 15) is 27.6 Å². The number of carbonyl (C=O) groups is 5. The quantitative estimate of drug-likeness (QED) is 0.177. The lowest BCUT2D eigenvalue weighted by Crippen LogP contribution is -2.54. The summed E-state index contributed by atoms with van der Waals surface area (Å²) in [5, 5.41) is 3.25. The van der Waals surface area contributed by atoms with Crippen LogP contribution in [0.15, 0.2) is 12.7 Å². The van der Waals surface area contributed by atoms with Crippen LogP contribution in [0.1, 0.15) is 137 Å². The molecule has 1 unspecified atom stereocenters. The van der Waals surface area contributed by atoms with Crippen LogP contribution in [0, 0.1) is 45.3 Å². The molecule has 14 heteroatoms. The molecule has 4 saturated carbocycles. The van der Waals surface area contributed by atoms with Crippen molar-refractivity contribution in [2.45, 2.75) is 155 Å². The van der Waals surface area contributed by atoms with Crippen LogP contribution in [0.4, 0.5) is 0 Å². The molecular weight excluding hydrogens is 783 g/mol. The Hall–Kier alpha value is -2.68. The molecule has 0 bridgehead atoms. The Labute approximate surface area is 359 Å². The van der Waals surface area contributed by atoms with Crippen LogP contribution in [0.5, 0.6) is 0 Å². The van der Waals surface area contributed by atoms with Crippen molar-refractivity contribution in [3.8, 4) is 0 Å². The summed E-state index contributed by atoms with van der Waals surface area (Å²) in [6, 6.07) is -1.74. The Balaban J connectivity index is 1.18. The highest BCUT2D eigenvalue weighted by Crippen LogP contribution is 2.88. The van der Waals surface area contributed by atoms with E-state index in [1.54, 1.807) is 24.8 Å². The molecule has 0 aromatic carbocycles. The average Bonchev–Trinajstić information content (AvgIpc) is 3.73. The zero-order valence-electron chi connectivity index (χ0n) is 37.1. The minimum atomic E-state index is -4.13. The number of hydrogen-bond acceptors (Lipinski definition) is 9. The number of allylic oxidation sites excluding steroid dienone is 1. The predicted octanol–water partition coefficient (Wildman–Crippen LogP) is 5.19. The highest BCUT2D eigenvalue weighted by Gasteiger charge is 2.85. The van der Waals surface area contributed by atoms with Crippen LogP contribution in [0.25, 0.3) is 0 Å². The van der Waals surface area contributed by atoms with Gasteiger partial charge in [0, 0.05) is 57.0 Å². The number of Topliss-reactive ketones (excluding diaryl/α,β-unsaturated/α-hetero) is 2. The normalized spacial score (nSPS) is 32.4. The van der Waals surface area contributed by atoms with Crippen molar-refractivity contribution in [2.75, 3.05) is 45.9 Å². The maximum absolute atomic E-state index is 15.5. The SMILES string of the molecule is C=C[C@@H]1C[C@]1(CC(=O)[C@@H]1C[C@@]2(CN1C(=O)[C@@H](CC(=O)C(NC(=O)[C@@H]1CCCN1CC)C1CCCCC1)C1CCOCC1)C(C)(C)C21CCC1)C(=O)NS(=O)(=O)N(CC)CC. The molecule has 7 aliphatic rings. The van der Waals surface area contributed by atoms with Crippen LogP contribution in [-0.2, 0) is 38.9 Å². The van der Waals surface area contributed by atoms with Gasteiger partial charge in [0.05, 0.1) is 23.5 Å². The molecule has 7 rings (SSSR count). The summed E-state index contributed by atoms with van der Waals surface area (Å²) in [6.45, 7) is 17.3. The molecule has 0 radical (unpaired) electrons.